The van der Waals surface area contributed by atoms with E-state index in [1.165, 1.54) is 11.6 Å². The van der Waals surface area contributed by atoms with E-state index in [0.29, 0.717) is 13.0 Å². The lowest BCUT2D eigenvalue weighted by Gasteiger charge is -2.29. The second kappa shape index (κ2) is 6.14. The summed E-state index contributed by atoms with van der Waals surface area (Å²) in [4.78, 5) is 0. The van der Waals surface area contributed by atoms with Crippen LogP contribution in [0.5, 0.6) is 0 Å². The van der Waals surface area contributed by atoms with Gasteiger partial charge in [-0.2, -0.15) is 0 Å². The largest absolute Gasteiger partial charge is 0.390 e. The Balaban J connectivity index is 1.80. The number of aliphatic hydroxyl groups excluding tert-OH is 1. The molecule has 0 aliphatic carbocycles. The van der Waals surface area contributed by atoms with Crippen molar-refractivity contribution in [1.29, 1.82) is 0 Å². The van der Waals surface area contributed by atoms with E-state index in [1.807, 2.05) is 18.2 Å². The minimum Gasteiger partial charge on any atom is -0.390 e. The molecular weight excluding hydrogens is 291 g/mol. The highest BCUT2D eigenvalue weighted by molar-refractivity contribution is 6.30. The Morgan fingerprint density at radius 3 is 2.90 bits per heavy atom. The van der Waals surface area contributed by atoms with Crippen molar-refractivity contribution in [3.05, 3.63) is 70.0 Å². The lowest BCUT2D eigenvalue weighted by molar-refractivity contribution is -0.0460. The summed E-state index contributed by atoms with van der Waals surface area (Å²) in [5.41, 5.74) is 3.04. The van der Waals surface area contributed by atoms with E-state index in [0.717, 1.165) is 17.5 Å². The first-order chi connectivity index (χ1) is 10.1. The third-order valence-corrected chi connectivity index (χ3v) is 4.10. The molecule has 1 aliphatic heterocycles. The molecule has 0 radical (unpaired) electrons. The average Bonchev–Trinajstić information content (AvgIpc) is 2.50. The monoisotopic (exact) mass is 306 g/mol. The highest BCUT2D eigenvalue weighted by Gasteiger charge is 2.27. The molecule has 0 fully saturated rings. The smallest absolute Gasteiger partial charge is 0.141 e. The van der Waals surface area contributed by atoms with Crippen molar-refractivity contribution >= 4 is 11.6 Å². The maximum Gasteiger partial charge on any atom is 0.141 e. The first kappa shape index (κ1) is 14.5. The normalized spacial score (nSPS) is 19.1. The fraction of sp³-hybridized carbons (Fsp3) is 0.294. The highest BCUT2D eigenvalue weighted by Crippen LogP contribution is 2.31. The van der Waals surface area contributed by atoms with E-state index in [2.05, 4.69) is 6.07 Å². The number of aliphatic hydroxyl groups is 1. The Bertz CT molecular complexity index is 644. The third-order valence-electron chi connectivity index (χ3n) is 3.81. The molecule has 0 amide bonds. The predicted molar refractivity (Wildman–Crippen MR) is 80.0 cm³/mol. The van der Waals surface area contributed by atoms with Gasteiger partial charge in [0.05, 0.1) is 17.7 Å². The molecule has 0 aromatic heterocycles. The van der Waals surface area contributed by atoms with Crippen LogP contribution in [-0.4, -0.2) is 17.8 Å². The Kier molecular flexibility index (Phi) is 4.24. The average molecular weight is 307 g/mol. The summed E-state index contributed by atoms with van der Waals surface area (Å²) in [7, 11) is 0. The van der Waals surface area contributed by atoms with E-state index in [9.17, 15) is 9.50 Å². The Morgan fingerprint density at radius 2 is 2.10 bits per heavy atom. The molecule has 3 rings (SSSR count). The van der Waals surface area contributed by atoms with Crippen LogP contribution in [0.1, 0.15) is 22.8 Å². The van der Waals surface area contributed by atoms with Gasteiger partial charge in [0, 0.05) is 6.42 Å². The van der Waals surface area contributed by atoms with Crippen molar-refractivity contribution < 1.29 is 14.2 Å². The van der Waals surface area contributed by atoms with Gasteiger partial charge in [0.2, 0.25) is 0 Å². The molecule has 2 nitrogen and oxygen atoms in total. The predicted octanol–water partition coefficient (Wildman–Crippen LogP) is 3.70. The van der Waals surface area contributed by atoms with Gasteiger partial charge in [0.15, 0.2) is 0 Å². The number of benzene rings is 2. The molecule has 2 unspecified atom stereocenters. The summed E-state index contributed by atoms with van der Waals surface area (Å²) in [5.74, 6) is -0.450. The van der Waals surface area contributed by atoms with Crippen molar-refractivity contribution in [2.45, 2.75) is 25.0 Å². The first-order valence-corrected chi connectivity index (χ1v) is 7.34. The van der Waals surface area contributed by atoms with Gasteiger partial charge in [0.1, 0.15) is 11.9 Å². The molecule has 1 N–H and O–H groups in total. The van der Waals surface area contributed by atoms with Crippen molar-refractivity contribution in [3.63, 3.8) is 0 Å². The first-order valence-electron chi connectivity index (χ1n) is 6.96. The van der Waals surface area contributed by atoms with Crippen LogP contribution in [0.4, 0.5) is 4.39 Å². The van der Waals surface area contributed by atoms with Crippen molar-refractivity contribution in [3.8, 4) is 0 Å². The number of hydrogen-bond donors (Lipinski definition) is 1. The number of hydrogen-bond acceptors (Lipinski definition) is 2. The van der Waals surface area contributed by atoms with Gasteiger partial charge in [-0.15, -0.1) is 0 Å². The van der Waals surface area contributed by atoms with Crippen LogP contribution in [0.25, 0.3) is 0 Å². The van der Waals surface area contributed by atoms with Crippen LogP contribution >= 0.6 is 11.6 Å². The lowest BCUT2D eigenvalue weighted by Crippen LogP contribution is -2.28. The van der Waals surface area contributed by atoms with E-state index in [-0.39, 0.29) is 11.1 Å². The molecule has 21 heavy (non-hydrogen) atoms. The van der Waals surface area contributed by atoms with Gasteiger partial charge in [-0.3, -0.25) is 0 Å². The molecule has 2 atom stereocenters. The van der Waals surface area contributed by atoms with E-state index >= 15 is 0 Å². The molecule has 0 bridgehead atoms. The standard InChI is InChI=1S/C17H16ClFO2/c18-14-9-11(5-6-15(14)19)10-16(20)17-13-4-2-1-3-12(13)7-8-21-17/h1-6,9,16-17,20H,7-8,10H2. The van der Waals surface area contributed by atoms with Crippen molar-refractivity contribution in [2.24, 2.45) is 0 Å². The number of halogens is 2. The fourth-order valence-electron chi connectivity index (χ4n) is 2.76. The fourth-order valence-corrected chi connectivity index (χ4v) is 2.96. The topological polar surface area (TPSA) is 29.5 Å². The van der Waals surface area contributed by atoms with E-state index < -0.39 is 11.9 Å². The summed E-state index contributed by atoms with van der Waals surface area (Å²) in [5, 5.41) is 10.5. The summed E-state index contributed by atoms with van der Waals surface area (Å²) in [6.45, 7) is 0.600. The zero-order chi connectivity index (χ0) is 14.8. The quantitative estimate of drug-likeness (QED) is 0.937. The molecular formula is C17H16ClFO2. The van der Waals surface area contributed by atoms with Gasteiger partial charge in [-0.25, -0.2) is 4.39 Å². The zero-order valence-electron chi connectivity index (χ0n) is 11.4. The number of rotatable bonds is 3. The van der Waals surface area contributed by atoms with Crippen LogP contribution in [0.15, 0.2) is 42.5 Å². The van der Waals surface area contributed by atoms with Crippen molar-refractivity contribution in [1.82, 2.24) is 0 Å². The molecule has 110 valence electrons. The summed E-state index contributed by atoms with van der Waals surface area (Å²) in [6.07, 6.45) is 0.201. The lowest BCUT2D eigenvalue weighted by atomic mass is 9.92. The van der Waals surface area contributed by atoms with Gasteiger partial charge in [-0.1, -0.05) is 41.9 Å². The van der Waals surface area contributed by atoms with E-state index in [1.54, 1.807) is 12.1 Å². The van der Waals surface area contributed by atoms with E-state index in [4.69, 9.17) is 16.3 Å². The molecule has 4 heteroatoms. The minimum absolute atomic E-state index is 0.0738. The molecule has 0 saturated carbocycles. The molecule has 0 spiro atoms. The highest BCUT2D eigenvalue weighted by atomic mass is 35.5. The number of fused-ring (bicyclic) bond motifs is 1. The molecule has 1 heterocycles. The zero-order valence-corrected chi connectivity index (χ0v) is 12.2. The van der Waals surface area contributed by atoms with Crippen LogP contribution in [0.2, 0.25) is 5.02 Å². The molecule has 0 saturated heterocycles. The second-order valence-electron chi connectivity index (χ2n) is 5.26. The van der Waals surface area contributed by atoms with Gasteiger partial charge >= 0.3 is 0 Å². The van der Waals surface area contributed by atoms with Crippen LogP contribution < -0.4 is 0 Å². The molecule has 2 aromatic carbocycles. The van der Waals surface area contributed by atoms with Gasteiger partial charge < -0.3 is 9.84 Å². The Morgan fingerprint density at radius 1 is 1.29 bits per heavy atom. The second-order valence-corrected chi connectivity index (χ2v) is 5.67. The summed E-state index contributed by atoms with van der Waals surface area (Å²) in [6, 6.07) is 12.5. The Labute approximate surface area is 128 Å². The number of ether oxygens (including phenoxy) is 1. The maximum absolute atomic E-state index is 13.2. The van der Waals surface area contributed by atoms with Crippen LogP contribution in [-0.2, 0) is 17.6 Å². The maximum atomic E-state index is 13.2. The van der Waals surface area contributed by atoms with Crippen LogP contribution in [0.3, 0.4) is 0 Å². The van der Waals surface area contributed by atoms with Crippen molar-refractivity contribution in [2.75, 3.05) is 6.61 Å². The molecule has 1 aliphatic rings. The van der Waals surface area contributed by atoms with Crippen LogP contribution in [0, 0.1) is 5.82 Å². The SMILES string of the molecule is OC(Cc1ccc(F)c(Cl)c1)C1OCCc2ccccc21. The minimum atomic E-state index is -0.687. The molecule has 2 aromatic rings. The van der Waals surface area contributed by atoms with Gasteiger partial charge in [0.25, 0.3) is 0 Å². The van der Waals surface area contributed by atoms with Gasteiger partial charge in [-0.05, 0) is 35.2 Å². The summed E-state index contributed by atoms with van der Waals surface area (Å²) < 4.78 is 18.9. The third kappa shape index (κ3) is 3.10. The summed E-state index contributed by atoms with van der Waals surface area (Å²) >= 11 is 5.78. The Hall–Kier alpha value is -1.42.